The van der Waals surface area contributed by atoms with Crippen LogP contribution in [0.4, 0.5) is 4.79 Å². The first-order chi connectivity index (χ1) is 9.28. The highest BCUT2D eigenvalue weighted by atomic mass is 28.3. The van der Waals surface area contributed by atoms with Crippen molar-refractivity contribution in [3.63, 3.8) is 0 Å². The van der Waals surface area contributed by atoms with E-state index in [-0.39, 0.29) is 12.1 Å². The summed E-state index contributed by atoms with van der Waals surface area (Å²) in [4.78, 5) is 11.6. The molecule has 20 heavy (non-hydrogen) atoms. The van der Waals surface area contributed by atoms with Crippen molar-refractivity contribution in [3.05, 3.63) is 0 Å². The van der Waals surface area contributed by atoms with Gasteiger partial charge in [-0.15, -0.1) is 0 Å². The molecule has 0 bridgehead atoms. The van der Waals surface area contributed by atoms with Crippen molar-refractivity contribution >= 4 is 15.4 Å². The lowest BCUT2D eigenvalue weighted by Crippen LogP contribution is -2.41. The van der Waals surface area contributed by atoms with Crippen molar-refractivity contribution in [3.8, 4) is 0 Å². The molecular formula is C13H31N2O4Si+. The third kappa shape index (κ3) is 11.2. The Morgan fingerprint density at radius 3 is 2.20 bits per heavy atom. The molecule has 0 spiro atoms. The smallest absolute Gasteiger partial charge is 0.407 e. The Balaban J connectivity index is 3.93. The monoisotopic (exact) mass is 307 g/mol. The molecule has 0 saturated carbocycles. The summed E-state index contributed by atoms with van der Waals surface area (Å²) >= 11 is 0. The van der Waals surface area contributed by atoms with E-state index in [0.29, 0.717) is 19.8 Å². The van der Waals surface area contributed by atoms with E-state index in [9.17, 15) is 4.79 Å². The molecule has 7 heteroatoms. The lowest BCUT2D eigenvalue weighted by Gasteiger charge is -2.24. The number of nitrogens with zero attached hydrogens (tertiary/aromatic N) is 1. The molecule has 1 unspecified atom stereocenters. The molecule has 0 rings (SSSR count). The molecule has 0 aromatic carbocycles. The summed E-state index contributed by atoms with van der Waals surface area (Å²) in [5.41, 5.74) is 0. The number of amides is 1. The topological polar surface area (TPSA) is 56.8 Å². The number of alkyl carbamates (subject to hydrolysis) is 1. The lowest BCUT2D eigenvalue weighted by atomic mass is 10.4. The number of quaternary nitrogens is 1. The van der Waals surface area contributed by atoms with Crippen molar-refractivity contribution < 1.29 is 22.9 Å². The molecule has 0 aromatic heterocycles. The maximum absolute atomic E-state index is 11.6. The first-order valence-electron chi connectivity index (χ1n) is 7.25. The highest BCUT2D eigenvalue weighted by Gasteiger charge is 2.19. The second-order valence-corrected chi connectivity index (χ2v) is 7.77. The largest absolute Gasteiger partial charge is 0.444 e. The summed E-state index contributed by atoms with van der Waals surface area (Å²) < 4.78 is 17.1. The van der Waals surface area contributed by atoms with E-state index in [4.69, 9.17) is 13.6 Å². The van der Waals surface area contributed by atoms with E-state index in [1.54, 1.807) is 0 Å². The van der Waals surface area contributed by atoms with Gasteiger partial charge in [-0.05, 0) is 20.8 Å². The molecule has 0 aliphatic heterocycles. The van der Waals surface area contributed by atoms with Gasteiger partial charge < -0.3 is 23.4 Å². The maximum atomic E-state index is 11.6. The van der Waals surface area contributed by atoms with Gasteiger partial charge in [0, 0.05) is 25.3 Å². The molecule has 1 amide bonds. The van der Waals surface area contributed by atoms with Crippen LogP contribution in [0.3, 0.4) is 0 Å². The summed E-state index contributed by atoms with van der Waals surface area (Å²) in [6.45, 7) is 8.36. The summed E-state index contributed by atoms with van der Waals surface area (Å²) in [6.07, 6.45) is -0.369. The summed E-state index contributed by atoms with van der Waals surface area (Å²) in [5.74, 6) is 0. The molecular weight excluding hydrogens is 276 g/mol. The van der Waals surface area contributed by atoms with Crippen molar-refractivity contribution in [1.29, 1.82) is 0 Å². The minimum Gasteiger partial charge on any atom is -0.444 e. The number of carbonyl (C=O) groups excluding carboxylic acids is 1. The van der Waals surface area contributed by atoms with Crippen molar-refractivity contribution in [2.75, 3.05) is 47.5 Å². The highest BCUT2D eigenvalue weighted by Crippen LogP contribution is 2.03. The Morgan fingerprint density at radius 2 is 1.75 bits per heavy atom. The molecule has 0 aliphatic rings. The zero-order chi connectivity index (χ0) is 15.6. The van der Waals surface area contributed by atoms with Gasteiger partial charge in [0.2, 0.25) is 0 Å². The van der Waals surface area contributed by atoms with Crippen LogP contribution in [0.25, 0.3) is 0 Å². The molecule has 0 heterocycles. The van der Waals surface area contributed by atoms with Crippen LogP contribution < -0.4 is 5.32 Å². The quantitative estimate of drug-likeness (QED) is 0.485. The molecule has 0 aromatic rings. The fraction of sp³-hybridized carbons (Fsp3) is 0.923. The van der Waals surface area contributed by atoms with Crippen LogP contribution in [0, 0.1) is 0 Å². The third-order valence-corrected chi connectivity index (χ3v) is 5.11. The predicted molar refractivity (Wildman–Crippen MR) is 82.1 cm³/mol. The van der Waals surface area contributed by atoms with Crippen molar-refractivity contribution in [2.24, 2.45) is 0 Å². The number of hydrogen-bond donors (Lipinski definition) is 1. The number of nitrogens with one attached hydrogen (secondary N) is 1. The molecule has 0 aliphatic carbocycles. The number of ether oxygens (including phenoxy) is 1. The fourth-order valence-corrected chi connectivity index (χ4v) is 3.37. The Bertz CT molecular complexity index is 266. The normalized spacial score (nSPS) is 13.3. The summed E-state index contributed by atoms with van der Waals surface area (Å²) in [6, 6.07) is 0.743. The van der Waals surface area contributed by atoms with E-state index in [1.165, 1.54) is 0 Å². The van der Waals surface area contributed by atoms with Gasteiger partial charge in [-0.2, -0.15) is 0 Å². The van der Waals surface area contributed by atoms with E-state index >= 15 is 0 Å². The summed E-state index contributed by atoms with van der Waals surface area (Å²) in [7, 11) is 4.50. The third-order valence-electron chi connectivity index (χ3n) is 2.61. The number of hydrogen-bond acceptors (Lipinski definition) is 4. The number of likely N-dealkylation sites (N-methyl/N-ethyl adjacent to an activating group) is 1. The van der Waals surface area contributed by atoms with E-state index < -0.39 is 9.28 Å². The standard InChI is InChI=1S/C13H30N2O4Si/c1-7-18-20(19-8-2)11-12(3)14-13(16)17-10-9-15(4,5)6/h12,20H,7-11H2,1-6H3/p+1. The molecule has 0 fully saturated rings. The Morgan fingerprint density at radius 1 is 1.20 bits per heavy atom. The maximum Gasteiger partial charge on any atom is 0.407 e. The number of carbonyl (C=O) groups is 1. The Hall–Kier alpha value is -0.633. The van der Waals surface area contributed by atoms with Crippen LogP contribution in [0.1, 0.15) is 20.8 Å². The SMILES string of the molecule is CCO[SiH](CC(C)NC(=O)OCC[N+](C)(C)C)OCC. The average molecular weight is 307 g/mol. The fourth-order valence-electron chi connectivity index (χ4n) is 1.56. The molecule has 1 N–H and O–H groups in total. The first-order valence-corrected chi connectivity index (χ1v) is 9.01. The van der Waals surface area contributed by atoms with Gasteiger partial charge in [0.05, 0.1) is 21.1 Å². The lowest BCUT2D eigenvalue weighted by molar-refractivity contribution is -0.870. The Kier molecular flexibility index (Phi) is 9.82. The van der Waals surface area contributed by atoms with Gasteiger partial charge in [-0.3, -0.25) is 0 Å². The van der Waals surface area contributed by atoms with Crippen molar-refractivity contribution in [1.82, 2.24) is 5.32 Å². The minimum atomic E-state index is -1.68. The van der Waals surface area contributed by atoms with Gasteiger partial charge >= 0.3 is 15.4 Å². The van der Waals surface area contributed by atoms with Crippen LogP contribution in [-0.4, -0.2) is 73.4 Å². The van der Waals surface area contributed by atoms with Gasteiger partial charge in [-0.1, -0.05) is 0 Å². The first kappa shape index (κ1) is 19.4. The van der Waals surface area contributed by atoms with Crippen LogP contribution in [0.15, 0.2) is 0 Å². The number of rotatable bonds is 10. The molecule has 0 saturated heterocycles. The molecule has 6 nitrogen and oxygen atoms in total. The van der Waals surface area contributed by atoms with Gasteiger partial charge in [0.15, 0.2) is 0 Å². The van der Waals surface area contributed by atoms with E-state index in [2.05, 4.69) is 26.5 Å². The zero-order valence-electron chi connectivity index (χ0n) is 13.8. The van der Waals surface area contributed by atoms with Gasteiger partial charge in [-0.25, -0.2) is 4.79 Å². The molecule has 0 radical (unpaired) electrons. The second kappa shape index (κ2) is 10.1. The highest BCUT2D eigenvalue weighted by molar-refractivity contribution is 6.44. The Labute approximate surface area is 124 Å². The van der Waals surface area contributed by atoms with Crippen LogP contribution in [-0.2, 0) is 13.6 Å². The van der Waals surface area contributed by atoms with Gasteiger partial charge in [0.25, 0.3) is 0 Å². The van der Waals surface area contributed by atoms with E-state index in [0.717, 1.165) is 17.1 Å². The minimum absolute atomic E-state index is 0.00129. The summed E-state index contributed by atoms with van der Waals surface area (Å²) in [5, 5.41) is 2.82. The van der Waals surface area contributed by atoms with Crippen molar-refractivity contribution in [2.45, 2.75) is 32.9 Å². The van der Waals surface area contributed by atoms with Gasteiger partial charge in [0.1, 0.15) is 13.2 Å². The second-order valence-electron chi connectivity index (χ2n) is 5.77. The van der Waals surface area contributed by atoms with Crippen LogP contribution in [0.2, 0.25) is 6.04 Å². The van der Waals surface area contributed by atoms with E-state index in [1.807, 2.05) is 20.8 Å². The van der Waals surface area contributed by atoms with Crippen LogP contribution >= 0.6 is 0 Å². The predicted octanol–water partition coefficient (Wildman–Crippen LogP) is 1.10. The zero-order valence-corrected chi connectivity index (χ0v) is 14.9. The molecule has 1 atom stereocenters. The average Bonchev–Trinajstić information content (AvgIpc) is 2.27. The molecule has 120 valence electrons. The van der Waals surface area contributed by atoms with Crippen LogP contribution in [0.5, 0.6) is 0 Å².